The maximum atomic E-state index is 13.6. The second kappa shape index (κ2) is 7.44. The number of aliphatic hydroxyl groups excluding tert-OH is 2. The fraction of sp³-hybridized carbons (Fsp3) is 0.318. The molecular formula is C22H23FN6O2. The quantitative estimate of drug-likeness (QED) is 0.499. The van der Waals surface area contributed by atoms with E-state index >= 15 is 0 Å². The third kappa shape index (κ3) is 3.35. The van der Waals surface area contributed by atoms with Gasteiger partial charge in [0.2, 0.25) is 0 Å². The first-order chi connectivity index (χ1) is 14.9. The highest BCUT2D eigenvalue weighted by Gasteiger charge is 2.45. The van der Waals surface area contributed by atoms with Crippen LogP contribution in [0, 0.1) is 11.7 Å². The molecule has 4 atom stereocenters. The Morgan fingerprint density at radius 2 is 1.94 bits per heavy atom. The number of rotatable bonds is 3. The zero-order valence-electron chi connectivity index (χ0n) is 16.7. The SMILES string of the molecule is Nc1nc2cc(/C=C/[C@H]3C[C@@H](N4CCc5c(N)ncnc54)[C@H](O)[C@@H]3O)ccc2cc1F. The summed E-state index contributed by atoms with van der Waals surface area (Å²) in [5.74, 6) is 0.285. The fourth-order valence-corrected chi connectivity index (χ4v) is 4.62. The van der Waals surface area contributed by atoms with Crippen LogP contribution in [0.15, 0.2) is 36.7 Å². The van der Waals surface area contributed by atoms with Gasteiger partial charge in [-0.2, -0.15) is 0 Å². The Morgan fingerprint density at radius 3 is 2.77 bits per heavy atom. The maximum absolute atomic E-state index is 13.6. The molecule has 0 amide bonds. The number of aliphatic hydroxyl groups is 2. The van der Waals surface area contributed by atoms with Gasteiger partial charge in [-0.1, -0.05) is 24.3 Å². The zero-order chi connectivity index (χ0) is 21.7. The summed E-state index contributed by atoms with van der Waals surface area (Å²) in [7, 11) is 0. The van der Waals surface area contributed by atoms with Crippen molar-refractivity contribution in [2.75, 3.05) is 22.9 Å². The Labute approximate surface area is 178 Å². The molecule has 160 valence electrons. The predicted octanol–water partition coefficient (Wildman–Crippen LogP) is 1.51. The van der Waals surface area contributed by atoms with Crippen LogP contribution in [0.2, 0.25) is 0 Å². The Bertz CT molecular complexity index is 1190. The molecule has 0 radical (unpaired) electrons. The third-order valence-electron chi connectivity index (χ3n) is 6.29. The van der Waals surface area contributed by atoms with Crippen molar-refractivity contribution in [3.8, 4) is 0 Å². The molecule has 0 bridgehead atoms. The Balaban J connectivity index is 1.36. The highest BCUT2D eigenvalue weighted by molar-refractivity contribution is 5.82. The van der Waals surface area contributed by atoms with Crippen LogP contribution in [-0.4, -0.2) is 50.0 Å². The van der Waals surface area contributed by atoms with Crippen molar-refractivity contribution in [3.63, 3.8) is 0 Å². The molecule has 2 aliphatic rings. The molecule has 3 aromatic rings. The summed E-state index contributed by atoms with van der Waals surface area (Å²) in [4.78, 5) is 14.5. The van der Waals surface area contributed by atoms with Crippen LogP contribution in [-0.2, 0) is 6.42 Å². The van der Waals surface area contributed by atoms with Gasteiger partial charge in [0.1, 0.15) is 24.1 Å². The summed E-state index contributed by atoms with van der Waals surface area (Å²) < 4.78 is 13.6. The van der Waals surface area contributed by atoms with E-state index in [0.29, 0.717) is 29.7 Å². The molecule has 31 heavy (non-hydrogen) atoms. The Kier molecular flexibility index (Phi) is 4.71. The van der Waals surface area contributed by atoms with Gasteiger partial charge < -0.3 is 26.6 Å². The first-order valence-corrected chi connectivity index (χ1v) is 10.2. The summed E-state index contributed by atoms with van der Waals surface area (Å²) in [6, 6.07) is 6.53. The summed E-state index contributed by atoms with van der Waals surface area (Å²) in [6.07, 6.45) is 4.69. The van der Waals surface area contributed by atoms with Crippen molar-refractivity contribution in [2.24, 2.45) is 5.92 Å². The standard InChI is InChI=1S/C22H23FN6O2/c23-15-8-12-3-1-11(7-16(12)28-21(15)25)2-4-13-9-17(19(31)18(13)30)29-6-5-14-20(24)26-10-27-22(14)29/h1-4,7-8,10,13,17-19,30-31H,5-6,9H2,(H2,25,28)(H2,24,26,27)/b4-2+/t13-,17+,18+,19-/m0/s1. The minimum atomic E-state index is -0.905. The molecule has 1 aromatic carbocycles. The Morgan fingerprint density at radius 1 is 1.10 bits per heavy atom. The van der Waals surface area contributed by atoms with Crippen LogP contribution in [0.25, 0.3) is 17.0 Å². The highest BCUT2D eigenvalue weighted by atomic mass is 19.1. The topological polar surface area (TPSA) is 134 Å². The van der Waals surface area contributed by atoms with E-state index in [4.69, 9.17) is 11.5 Å². The number of hydrogen-bond donors (Lipinski definition) is 4. The summed E-state index contributed by atoms with van der Waals surface area (Å²) in [5.41, 5.74) is 13.9. The number of fused-ring (bicyclic) bond motifs is 2. The number of nitrogens with two attached hydrogens (primary N) is 2. The van der Waals surface area contributed by atoms with Crippen LogP contribution in [0.4, 0.5) is 21.8 Å². The molecule has 0 saturated heterocycles. The van der Waals surface area contributed by atoms with Gasteiger partial charge in [0, 0.05) is 23.4 Å². The summed E-state index contributed by atoms with van der Waals surface area (Å²) in [6.45, 7) is 0.678. The third-order valence-corrected chi connectivity index (χ3v) is 6.29. The molecule has 1 aliphatic heterocycles. The number of anilines is 3. The van der Waals surface area contributed by atoms with Crippen molar-refractivity contribution < 1.29 is 14.6 Å². The van der Waals surface area contributed by atoms with E-state index in [1.807, 2.05) is 29.2 Å². The number of pyridine rings is 1. The van der Waals surface area contributed by atoms with Crippen molar-refractivity contribution in [3.05, 3.63) is 53.6 Å². The lowest BCUT2D eigenvalue weighted by Gasteiger charge is -2.28. The second-order valence-electron chi connectivity index (χ2n) is 8.12. The van der Waals surface area contributed by atoms with Gasteiger partial charge in [0.25, 0.3) is 0 Å². The van der Waals surface area contributed by atoms with Gasteiger partial charge in [0.05, 0.1) is 17.7 Å². The molecule has 5 rings (SSSR count). The minimum Gasteiger partial charge on any atom is -0.390 e. The lowest BCUT2D eigenvalue weighted by molar-refractivity contribution is 0.0229. The lowest BCUT2D eigenvalue weighted by Crippen LogP contribution is -2.43. The van der Waals surface area contributed by atoms with Crippen LogP contribution >= 0.6 is 0 Å². The van der Waals surface area contributed by atoms with Crippen LogP contribution < -0.4 is 16.4 Å². The monoisotopic (exact) mass is 422 g/mol. The molecule has 1 fully saturated rings. The van der Waals surface area contributed by atoms with E-state index < -0.39 is 18.0 Å². The first-order valence-electron chi connectivity index (χ1n) is 10.2. The molecule has 1 saturated carbocycles. The number of benzene rings is 1. The highest BCUT2D eigenvalue weighted by Crippen LogP contribution is 2.38. The lowest BCUT2D eigenvalue weighted by atomic mass is 10.0. The van der Waals surface area contributed by atoms with Gasteiger partial charge in [0.15, 0.2) is 11.6 Å². The van der Waals surface area contributed by atoms with Crippen LogP contribution in [0.1, 0.15) is 17.5 Å². The molecule has 3 heterocycles. The molecule has 0 spiro atoms. The maximum Gasteiger partial charge on any atom is 0.165 e. The minimum absolute atomic E-state index is 0.138. The molecule has 6 N–H and O–H groups in total. The Hall–Kier alpha value is -3.30. The number of hydrogen-bond acceptors (Lipinski definition) is 8. The summed E-state index contributed by atoms with van der Waals surface area (Å²) >= 11 is 0. The van der Waals surface area contributed by atoms with E-state index in [2.05, 4.69) is 15.0 Å². The van der Waals surface area contributed by atoms with Crippen molar-refractivity contribution in [2.45, 2.75) is 31.1 Å². The van der Waals surface area contributed by atoms with Gasteiger partial charge in [-0.25, -0.2) is 19.3 Å². The van der Waals surface area contributed by atoms with E-state index in [0.717, 1.165) is 23.4 Å². The van der Waals surface area contributed by atoms with Gasteiger partial charge >= 0.3 is 0 Å². The van der Waals surface area contributed by atoms with Gasteiger partial charge in [-0.15, -0.1) is 0 Å². The first kappa shape index (κ1) is 19.7. The van der Waals surface area contributed by atoms with E-state index in [1.54, 1.807) is 6.07 Å². The van der Waals surface area contributed by atoms with Crippen molar-refractivity contribution in [1.29, 1.82) is 0 Å². The van der Waals surface area contributed by atoms with Gasteiger partial charge in [-0.05, 0) is 30.5 Å². The zero-order valence-corrected chi connectivity index (χ0v) is 16.7. The predicted molar refractivity (Wildman–Crippen MR) is 117 cm³/mol. The number of halogens is 1. The van der Waals surface area contributed by atoms with E-state index in [1.165, 1.54) is 12.4 Å². The number of nitrogens with zero attached hydrogens (tertiary/aromatic N) is 4. The number of nitrogen functional groups attached to an aromatic ring is 2. The van der Waals surface area contributed by atoms with E-state index in [9.17, 15) is 14.6 Å². The normalized spacial score (nSPS) is 25.6. The van der Waals surface area contributed by atoms with Crippen LogP contribution in [0.3, 0.4) is 0 Å². The molecule has 8 nitrogen and oxygen atoms in total. The van der Waals surface area contributed by atoms with Crippen molar-refractivity contribution in [1.82, 2.24) is 15.0 Å². The van der Waals surface area contributed by atoms with Gasteiger partial charge in [-0.3, -0.25) is 0 Å². The molecule has 0 unspecified atom stereocenters. The molecular weight excluding hydrogens is 399 g/mol. The second-order valence-corrected chi connectivity index (χ2v) is 8.12. The van der Waals surface area contributed by atoms with Crippen LogP contribution in [0.5, 0.6) is 0 Å². The fourth-order valence-electron chi connectivity index (χ4n) is 4.62. The average molecular weight is 422 g/mol. The van der Waals surface area contributed by atoms with E-state index in [-0.39, 0.29) is 17.8 Å². The summed E-state index contributed by atoms with van der Waals surface area (Å²) in [5, 5.41) is 22.0. The molecule has 1 aliphatic carbocycles. The van der Waals surface area contributed by atoms with Crippen molar-refractivity contribution >= 4 is 34.4 Å². The largest absolute Gasteiger partial charge is 0.390 e. The molecule has 9 heteroatoms. The molecule has 2 aromatic heterocycles. The smallest absolute Gasteiger partial charge is 0.165 e. The average Bonchev–Trinajstić information content (AvgIpc) is 3.30. The number of aromatic nitrogens is 3.